The molecule has 0 spiro atoms. The minimum absolute atomic E-state index is 0.154. The molecule has 0 radical (unpaired) electrons. The van der Waals surface area contributed by atoms with E-state index < -0.39 is 30.3 Å². The monoisotopic (exact) mass is 462 g/mol. The second-order valence-electron chi connectivity index (χ2n) is 5.70. The number of carbonyl (C=O) groups is 1. The lowest BCUT2D eigenvalue weighted by atomic mass is 10.3. The third-order valence-electron chi connectivity index (χ3n) is 3.36. The number of carbonyl (C=O) groups excluding carboxylic acids is 1. The zero-order valence-electron chi connectivity index (χ0n) is 15.2. The summed E-state index contributed by atoms with van der Waals surface area (Å²) in [6, 6.07) is 5.17. The molecule has 0 unspecified atom stereocenters. The maximum atomic E-state index is 12.5. The summed E-state index contributed by atoms with van der Waals surface area (Å²) >= 11 is 0.511. The highest BCUT2D eigenvalue weighted by atomic mass is 32.2. The number of nitrogens with one attached hydrogen (secondary N) is 2. The Balaban J connectivity index is 2.24. The number of anilines is 1. The van der Waals surface area contributed by atoms with Crippen molar-refractivity contribution in [1.82, 2.24) is 14.7 Å². The van der Waals surface area contributed by atoms with Gasteiger partial charge in [-0.2, -0.15) is 8.42 Å². The molecule has 29 heavy (non-hydrogen) atoms. The molecule has 158 valence electrons. The van der Waals surface area contributed by atoms with Crippen LogP contribution in [0.15, 0.2) is 37.9 Å². The number of benzene rings is 1. The fourth-order valence-corrected chi connectivity index (χ4v) is 4.66. The smallest absolute Gasteiger partial charge is 0.285 e. The van der Waals surface area contributed by atoms with Gasteiger partial charge >= 0.3 is 0 Å². The van der Waals surface area contributed by atoms with E-state index in [4.69, 9.17) is 16.3 Å². The zero-order valence-corrected chi connectivity index (χ0v) is 17.7. The minimum Gasteiger partial charge on any atom is -0.370 e. The molecule has 1 aromatic carbocycles. The molecule has 16 heteroatoms. The Labute approximate surface area is 170 Å². The van der Waals surface area contributed by atoms with E-state index >= 15 is 0 Å². The molecule has 13 nitrogen and oxygen atoms in total. The van der Waals surface area contributed by atoms with Gasteiger partial charge in [-0.3, -0.25) is 10.2 Å². The number of primary sulfonamides is 1. The fourth-order valence-electron chi connectivity index (χ4n) is 1.89. The van der Waals surface area contributed by atoms with Crippen LogP contribution in [0.25, 0.3) is 0 Å². The van der Waals surface area contributed by atoms with Gasteiger partial charge < -0.3 is 16.0 Å². The zero-order chi connectivity index (χ0) is 22.0. The van der Waals surface area contributed by atoms with E-state index in [2.05, 4.69) is 14.8 Å². The highest BCUT2D eigenvalue weighted by molar-refractivity contribution is 7.91. The van der Waals surface area contributed by atoms with Crippen molar-refractivity contribution in [3.8, 4) is 0 Å². The number of aryl methyl sites for hydroxylation is 1. The summed E-state index contributed by atoms with van der Waals surface area (Å²) in [5, 5.41) is 18.4. The number of nitrogens with zero attached hydrogens (tertiary/aromatic N) is 4. The third-order valence-corrected chi connectivity index (χ3v) is 7.06. The van der Waals surface area contributed by atoms with Crippen molar-refractivity contribution < 1.29 is 21.6 Å². The van der Waals surface area contributed by atoms with Crippen LogP contribution in [0, 0.1) is 5.41 Å². The number of rotatable bonds is 6. The Bertz CT molecular complexity index is 1210. The molecule has 0 aliphatic heterocycles. The van der Waals surface area contributed by atoms with E-state index in [1.807, 2.05) is 0 Å². The molecule has 6 N–H and O–H groups in total. The average Bonchev–Trinajstić information content (AvgIpc) is 2.95. The molecule has 0 aliphatic rings. The fraction of sp³-hybridized carbons (Fsp3) is 0.231. The number of sulfonamides is 2. The van der Waals surface area contributed by atoms with Gasteiger partial charge in [0.2, 0.25) is 15.0 Å². The number of guanidine groups is 1. The van der Waals surface area contributed by atoms with E-state index in [0.29, 0.717) is 17.0 Å². The summed E-state index contributed by atoms with van der Waals surface area (Å²) in [4.78, 5) is 12.7. The summed E-state index contributed by atoms with van der Waals surface area (Å²) in [6.45, 7) is -0.154. The lowest BCUT2D eigenvalue weighted by Gasteiger charge is -2.15. The minimum atomic E-state index is -4.17. The maximum Gasteiger partial charge on any atom is 0.285 e. The number of likely N-dealkylation sites (N-methyl/N-ethyl adjacent to an activating group) is 1. The highest BCUT2D eigenvalue weighted by Crippen LogP contribution is 2.16. The van der Waals surface area contributed by atoms with E-state index in [1.54, 1.807) is 0 Å². The van der Waals surface area contributed by atoms with Crippen molar-refractivity contribution in [3.05, 3.63) is 29.1 Å². The van der Waals surface area contributed by atoms with Crippen LogP contribution in [0.4, 0.5) is 5.69 Å². The third kappa shape index (κ3) is 5.83. The summed E-state index contributed by atoms with van der Waals surface area (Å²) in [7, 11) is -5.46. The first kappa shape index (κ1) is 22.5. The quantitative estimate of drug-likeness (QED) is 0.283. The Morgan fingerprint density at radius 3 is 2.38 bits per heavy atom. The van der Waals surface area contributed by atoms with Gasteiger partial charge in [-0.1, -0.05) is 11.3 Å². The number of nitrogens with two attached hydrogens (primary N) is 2. The molecular formula is C13H18N8O5S3. The van der Waals surface area contributed by atoms with Gasteiger partial charge in [0.1, 0.15) is 0 Å². The van der Waals surface area contributed by atoms with Gasteiger partial charge in [0, 0.05) is 19.8 Å². The van der Waals surface area contributed by atoms with Crippen LogP contribution in [0.5, 0.6) is 0 Å². The largest absolute Gasteiger partial charge is 0.370 e. The van der Waals surface area contributed by atoms with Crippen LogP contribution in [0.1, 0.15) is 0 Å². The molecular weight excluding hydrogens is 444 g/mol. The Hall–Kier alpha value is -2.82. The number of hydrogen-bond donors (Lipinski definition) is 4. The van der Waals surface area contributed by atoms with Crippen LogP contribution in [-0.4, -0.2) is 57.0 Å². The normalized spacial score (nSPS) is 12.6. The molecule has 1 heterocycles. The van der Waals surface area contributed by atoms with Crippen LogP contribution >= 0.6 is 11.3 Å². The lowest BCUT2D eigenvalue weighted by molar-refractivity contribution is -0.116. The molecule has 2 rings (SSSR count). The van der Waals surface area contributed by atoms with Crippen molar-refractivity contribution in [3.63, 3.8) is 0 Å². The first-order chi connectivity index (χ1) is 13.3. The van der Waals surface area contributed by atoms with Crippen molar-refractivity contribution in [2.75, 3.05) is 18.9 Å². The molecule has 0 saturated carbocycles. The van der Waals surface area contributed by atoms with Crippen LogP contribution in [0.3, 0.4) is 0 Å². The standard InChI is InChI=1S/C13H18N8O5S3/c1-20(11(14)15)7-10(22)17-8-3-5-9(6-4-8)29(25,26)19-12-21(2)18-13(27-12)28(16,23)24/h3-6H,7H2,1-2H3,(H3,14,15)(H,17,22)(H2,16,23,24)/b19-12-. The van der Waals surface area contributed by atoms with E-state index in [-0.39, 0.29) is 22.2 Å². The lowest BCUT2D eigenvalue weighted by Crippen LogP contribution is -2.38. The highest BCUT2D eigenvalue weighted by Gasteiger charge is 2.18. The van der Waals surface area contributed by atoms with Crippen LogP contribution in [-0.2, 0) is 31.9 Å². The van der Waals surface area contributed by atoms with Crippen molar-refractivity contribution >= 4 is 48.9 Å². The van der Waals surface area contributed by atoms with Gasteiger partial charge in [-0.15, -0.1) is 9.50 Å². The summed E-state index contributed by atoms with van der Waals surface area (Å²) in [5.74, 6) is -0.722. The van der Waals surface area contributed by atoms with E-state index in [9.17, 15) is 21.6 Å². The summed E-state index contributed by atoms with van der Waals surface area (Å²) in [6.07, 6.45) is 0. The van der Waals surface area contributed by atoms with Crippen LogP contribution in [0.2, 0.25) is 0 Å². The molecule has 2 aromatic rings. The summed E-state index contributed by atoms with van der Waals surface area (Å²) in [5.41, 5.74) is 5.58. The molecule has 0 aliphatic carbocycles. The number of hydrogen-bond acceptors (Lipinski definition) is 8. The topological polar surface area (TPSA) is 207 Å². The van der Waals surface area contributed by atoms with Crippen molar-refractivity contribution in [2.24, 2.45) is 22.3 Å². The Kier molecular flexibility index (Phi) is 6.41. The second kappa shape index (κ2) is 8.27. The second-order valence-corrected chi connectivity index (χ2v) is 9.99. The Morgan fingerprint density at radius 2 is 1.90 bits per heavy atom. The predicted molar refractivity (Wildman–Crippen MR) is 105 cm³/mol. The summed E-state index contributed by atoms with van der Waals surface area (Å²) < 4.78 is 51.7. The molecule has 1 amide bonds. The van der Waals surface area contributed by atoms with Crippen molar-refractivity contribution in [1.29, 1.82) is 5.41 Å². The van der Waals surface area contributed by atoms with Gasteiger partial charge in [-0.25, -0.2) is 18.2 Å². The maximum absolute atomic E-state index is 12.5. The SMILES string of the molecule is CN(CC(=O)Nc1ccc(S(=O)(=O)/N=c2\sc(S(N)(=O)=O)nn2C)cc1)C(=N)N. The van der Waals surface area contributed by atoms with Gasteiger partial charge in [0.05, 0.1) is 11.4 Å². The molecule has 0 bridgehead atoms. The Morgan fingerprint density at radius 1 is 1.31 bits per heavy atom. The first-order valence-electron chi connectivity index (χ1n) is 7.62. The average molecular weight is 463 g/mol. The van der Waals surface area contributed by atoms with E-state index in [0.717, 1.165) is 4.68 Å². The van der Waals surface area contributed by atoms with Gasteiger partial charge in [-0.05, 0) is 24.3 Å². The molecule has 0 atom stereocenters. The first-order valence-corrected chi connectivity index (χ1v) is 11.4. The number of aromatic nitrogens is 2. The predicted octanol–water partition coefficient (Wildman–Crippen LogP) is -1.82. The van der Waals surface area contributed by atoms with Gasteiger partial charge in [0.15, 0.2) is 5.96 Å². The van der Waals surface area contributed by atoms with E-state index in [1.165, 1.54) is 43.3 Å². The molecule has 0 fully saturated rings. The molecule has 1 aromatic heterocycles. The number of amides is 1. The van der Waals surface area contributed by atoms with Crippen molar-refractivity contribution in [2.45, 2.75) is 9.24 Å². The molecule has 0 saturated heterocycles. The van der Waals surface area contributed by atoms with Crippen LogP contribution < -0.4 is 21.0 Å². The van der Waals surface area contributed by atoms with Gasteiger partial charge in [0.25, 0.3) is 20.0 Å².